The van der Waals surface area contributed by atoms with Crippen LogP contribution in [0.4, 0.5) is 0 Å². The first-order chi connectivity index (χ1) is 16.7. The molecule has 0 bridgehead atoms. The number of amides is 1. The molecular weight excluding hydrogens is 436 g/mol. The van der Waals surface area contributed by atoms with Gasteiger partial charge in [0.15, 0.2) is 0 Å². The molecule has 2 rings (SSSR count). The summed E-state index contributed by atoms with van der Waals surface area (Å²) in [7, 11) is 0. The maximum atomic E-state index is 12.7. The molecule has 1 saturated heterocycles. The molecule has 0 radical (unpaired) electrons. The second kappa shape index (κ2) is 13.7. The molecule has 1 aliphatic heterocycles. The number of aryl methyl sites for hydroxylation is 1. The Morgan fingerprint density at radius 3 is 2.37 bits per heavy atom. The Morgan fingerprint density at radius 2 is 1.80 bits per heavy atom. The zero-order valence-corrected chi connectivity index (χ0v) is 22.1. The van der Waals surface area contributed by atoms with Crippen molar-refractivity contribution in [1.82, 2.24) is 9.80 Å². The number of hydrogen-bond donors (Lipinski definition) is 1. The number of phenols is 1. The normalized spacial score (nSPS) is 16.5. The lowest BCUT2D eigenvalue weighted by Crippen LogP contribution is -2.51. The summed E-state index contributed by atoms with van der Waals surface area (Å²) in [6.07, 6.45) is 7.36. The quantitative estimate of drug-likeness (QED) is 0.281. The number of hydrogen-bond acceptors (Lipinski definition) is 4. The van der Waals surface area contributed by atoms with E-state index in [9.17, 15) is 9.90 Å². The van der Waals surface area contributed by atoms with Crippen LogP contribution in [0.25, 0.3) is 0 Å². The van der Waals surface area contributed by atoms with Gasteiger partial charge in [0.2, 0.25) is 5.91 Å². The van der Waals surface area contributed by atoms with Gasteiger partial charge in [-0.2, -0.15) is 0 Å². The van der Waals surface area contributed by atoms with Gasteiger partial charge in [0, 0.05) is 43.7 Å². The van der Waals surface area contributed by atoms with Crippen molar-refractivity contribution in [2.45, 2.75) is 60.0 Å². The highest BCUT2D eigenvalue weighted by atomic mass is 16.3. The molecule has 0 aromatic heterocycles. The fourth-order valence-electron chi connectivity index (χ4n) is 3.95. The second-order valence-electron chi connectivity index (χ2n) is 9.61. The predicted octanol–water partition coefficient (Wildman–Crippen LogP) is 5.33. The van der Waals surface area contributed by atoms with Crippen LogP contribution in [0.1, 0.15) is 51.7 Å². The minimum Gasteiger partial charge on any atom is -0.508 e. The van der Waals surface area contributed by atoms with Crippen molar-refractivity contribution < 1.29 is 9.90 Å². The van der Waals surface area contributed by atoms with Crippen LogP contribution >= 0.6 is 0 Å². The maximum Gasteiger partial charge on any atom is 0.222 e. The summed E-state index contributed by atoms with van der Waals surface area (Å²) in [5.41, 5.74) is 3.80. The molecule has 1 N–H and O–H groups in total. The Bertz CT molecular complexity index is 962. The van der Waals surface area contributed by atoms with E-state index >= 15 is 0 Å². The molecule has 0 spiro atoms. The number of aromatic hydroxyl groups is 1. The van der Waals surface area contributed by atoms with Crippen LogP contribution in [0.15, 0.2) is 64.1 Å². The first-order valence-corrected chi connectivity index (χ1v) is 12.5. The van der Waals surface area contributed by atoms with E-state index in [2.05, 4.69) is 37.0 Å². The summed E-state index contributed by atoms with van der Waals surface area (Å²) < 4.78 is 0. The summed E-state index contributed by atoms with van der Waals surface area (Å²) >= 11 is 0. The Morgan fingerprint density at radius 1 is 1.14 bits per heavy atom. The van der Waals surface area contributed by atoms with Crippen LogP contribution in [0.3, 0.4) is 0 Å². The number of nitrogens with zero attached hydrogens (tertiary/aromatic N) is 4. The van der Waals surface area contributed by atoms with Crippen molar-refractivity contribution in [3.8, 4) is 5.75 Å². The van der Waals surface area contributed by atoms with Crippen LogP contribution in [-0.4, -0.2) is 65.6 Å². The monoisotopic (exact) mass is 478 g/mol. The number of rotatable bonds is 10. The van der Waals surface area contributed by atoms with Crippen LogP contribution < -0.4 is 0 Å². The topological polar surface area (TPSA) is 68.5 Å². The molecule has 1 amide bonds. The number of aliphatic imine (C=N–C) groups is 2. The Hall–Kier alpha value is -3.15. The van der Waals surface area contributed by atoms with Crippen LogP contribution in [-0.2, 0) is 11.3 Å². The minimum absolute atomic E-state index is 0.168. The van der Waals surface area contributed by atoms with Crippen LogP contribution in [0.2, 0.25) is 0 Å². The molecule has 1 atom stereocenters. The summed E-state index contributed by atoms with van der Waals surface area (Å²) in [5.74, 6) is 1.82. The average molecular weight is 479 g/mol. The average Bonchev–Trinajstić information content (AvgIpc) is 2.85. The molecule has 190 valence electrons. The van der Waals surface area contributed by atoms with E-state index in [-0.39, 0.29) is 17.7 Å². The SMILES string of the molecule is C=C/C(C)=C\C=C(\C(=NCc1c(C)cccc1O)N1CCN(C(=O)CCC(C)C)CC1)C(C)N=C. The molecule has 1 aromatic carbocycles. The van der Waals surface area contributed by atoms with Gasteiger partial charge in [-0.1, -0.05) is 56.4 Å². The third-order valence-corrected chi connectivity index (χ3v) is 6.47. The van der Waals surface area contributed by atoms with Gasteiger partial charge in [0.1, 0.15) is 11.6 Å². The van der Waals surface area contributed by atoms with Gasteiger partial charge in [0.25, 0.3) is 0 Å². The molecule has 1 aromatic rings. The van der Waals surface area contributed by atoms with Gasteiger partial charge in [-0.15, -0.1) is 0 Å². The molecule has 0 saturated carbocycles. The summed E-state index contributed by atoms with van der Waals surface area (Å²) in [6, 6.07) is 5.34. The van der Waals surface area contributed by atoms with Crippen molar-refractivity contribution in [3.63, 3.8) is 0 Å². The lowest BCUT2D eigenvalue weighted by Gasteiger charge is -2.38. The van der Waals surface area contributed by atoms with Crippen molar-refractivity contribution in [1.29, 1.82) is 0 Å². The van der Waals surface area contributed by atoms with Crippen molar-refractivity contribution in [2.75, 3.05) is 26.2 Å². The number of amidine groups is 1. The van der Waals surface area contributed by atoms with E-state index in [4.69, 9.17) is 4.99 Å². The smallest absolute Gasteiger partial charge is 0.222 e. The lowest BCUT2D eigenvalue weighted by molar-refractivity contribution is -0.132. The zero-order valence-electron chi connectivity index (χ0n) is 22.1. The Labute approximate surface area is 211 Å². The maximum absolute atomic E-state index is 12.7. The number of benzene rings is 1. The fourth-order valence-corrected chi connectivity index (χ4v) is 3.95. The first-order valence-electron chi connectivity index (χ1n) is 12.5. The standard InChI is InChI=1S/C29H42N4O2/c1-8-22(4)13-14-25(24(6)30-7)29(31-20-26-23(5)10-9-11-27(26)34)33-18-16-32(17-19-33)28(35)15-12-21(2)3/h8-11,13-14,21,24,34H,1,7,12,15-20H2,2-6H3/b22-13-,25-14+,31-29?. The molecular formula is C29H42N4O2. The number of carbonyl (C=O) groups excluding carboxylic acids is 1. The second-order valence-corrected chi connectivity index (χ2v) is 9.61. The molecule has 1 aliphatic rings. The van der Waals surface area contributed by atoms with E-state index in [1.807, 2.05) is 56.0 Å². The Balaban J connectivity index is 2.37. The van der Waals surface area contributed by atoms with Crippen molar-refractivity contribution in [3.05, 3.63) is 65.3 Å². The van der Waals surface area contributed by atoms with Gasteiger partial charge >= 0.3 is 0 Å². The zero-order chi connectivity index (χ0) is 26.0. The first kappa shape index (κ1) is 28.1. The largest absolute Gasteiger partial charge is 0.508 e. The van der Waals surface area contributed by atoms with Crippen molar-refractivity contribution >= 4 is 18.5 Å². The van der Waals surface area contributed by atoms with E-state index in [1.54, 1.807) is 6.07 Å². The van der Waals surface area contributed by atoms with Crippen LogP contribution in [0.5, 0.6) is 5.75 Å². The highest BCUT2D eigenvalue weighted by Gasteiger charge is 2.26. The number of phenolic OH excluding ortho intramolecular Hbond substituents is 1. The van der Waals surface area contributed by atoms with E-state index < -0.39 is 0 Å². The number of piperazine rings is 1. The third-order valence-electron chi connectivity index (χ3n) is 6.47. The predicted molar refractivity (Wildman–Crippen MR) is 147 cm³/mol. The molecule has 6 nitrogen and oxygen atoms in total. The fraction of sp³-hybridized carbons (Fsp3) is 0.483. The third kappa shape index (κ3) is 8.23. The van der Waals surface area contributed by atoms with Crippen molar-refractivity contribution in [2.24, 2.45) is 15.9 Å². The lowest BCUT2D eigenvalue weighted by atomic mass is 10.0. The molecule has 1 unspecified atom stereocenters. The highest BCUT2D eigenvalue weighted by Crippen LogP contribution is 2.23. The molecule has 6 heteroatoms. The summed E-state index contributed by atoms with van der Waals surface area (Å²) in [5, 5.41) is 10.4. The van der Waals surface area contributed by atoms with Gasteiger partial charge in [-0.25, -0.2) is 0 Å². The number of allylic oxidation sites excluding steroid dienone is 4. The molecule has 0 aliphatic carbocycles. The van der Waals surface area contributed by atoms with Gasteiger partial charge in [-0.3, -0.25) is 14.8 Å². The summed E-state index contributed by atoms with van der Waals surface area (Å²) in [4.78, 5) is 26.1. The number of carbonyl (C=O) groups is 1. The Kier molecular flexibility index (Phi) is 11.0. The molecule has 1 fully saturated rings. The molecule has 1 heterocycles. The van der Waals surface area contributed by atoms with Gasteiger partial charge < -0.3 is 14.9 Å². The summed E-state index contributed by atoms with van der Waals surface area (Å²) in [6.45, 7) is 20.9. The highest BCUT2D eigenvalue weighted by molar-refractivity contribution is 6.00. The van der Waals surface area contributed by atoms with E-state index in [0.717, 1.165) is 34.5 Å². The van der Waals surface area contributed by atoms with Gasteiger partial charge in [0.05, 0.1) is 12.6 Å². The van der Waals surface area contributed by atoms with E-state index in [0.29, 0.717) is 45.1 Å². The van der Waals surface area contributed by atoms with E-state index in [1.165, 1.54) is 0 Å². The van der Waals surface area contributed by atoms with Crippen LogP contribution in [0, 0.1) is 12.8 Å². The van der Waals surface area contributed by atoms with Gasteiger partial charge in [-0.05, 0) is 51.5 Å². The minimum atomic E-state index is -0.168. The molecule has 35 heavy (non-hydrogen) atoms.